The monoisotopic (exact) mass is 554 g/mol. The molecule has 0 unspecified atom stereocenters. The van der Waals surface area contributed by atoms with Gasteiger partial charge in [0.1, 0.15) is 17.6 Å². The summed E-state index contributed by atoms with van der Waals surface area (Å²) in [6, 6.07) is 20.2. The number of ether oxygens (including phenoxy) is 1. The third-order valence-corrected chi connectivity index (χ3v) is 6.92. The average molecular weight is 555 g/mol. The van der Waals surface area contributed by atoms with Crippen LogP contribution in [0.3, 0.4) is 0 Å². The van der Waals surface area contributed by atoms with E-state index in [0.717, 1.165) is 27.6 Å². The number of carbonyl (C=O) groups is 2. The van der Waals surface area contributed by atoms with Gasteiger partial charge >= 0.3 is 0 Å². The second kappa shape index (κ2) is 13.2. The van der Waals surface area contributed by atoms with E-state index in [-0.39, 0.29) is 36.8 Å². The lowest BCUT2D eigenvalue weighted by Gasteiger charge is -2.32. The van der Waals surface area contributed by atoms with Gasteiger partial charge in [-0.2, -0.15) is 0 Å². The van der Waals surface area contributed by atoms with E-state index in [4.69, 9.17) is 4.74 Å². The molecule has 1 N–H and O–H groups in total. The zero-order valence-corrected chi connectivity index (χ0v) is 22.4. The van der Waals surface area contributed by atoms with Crippen LogP contribution in [0.1, 0.15) is 37.0 Å². The second-order valence-corrected chi connectivity index (χ2v) is 9.73. The Labute approximate surface area is 220 Å². The fourth-order valence-corrected chi connectivity index (χ4v) is 3.96. The molecule has 0 aromatic heterocycles. The molecule has 36 heavy (non-hydrogen) atoms. The number of benzene rings is 3. The fraction of sp³-hybridized carbons (Fsp3) is 0.310. The SMILES string of the molecule is CC[C@@H](C)NC(=O)[C@@H](Cc1ccccc1)N(Cc1ccc(F)cc1)C(=O)COc1ccc(Br)c(C)c1. The van der Waals surface area contributed by atoms with Gasteiger partial charge in [0.05, 0.1) is 0 Å². The lowest BCUT2D eigenvalue weighted by Crippen LogP contribution is -2.53. The van der Waals surface area contributed by atoms with Crippen molar-refractivity contribution in [3.8, 4) is 5.75 Å². The van der Waals surface area contributed by atoms with E-state index >= 15 is 0 Å². The van der Waals surface area contributed by atoms with Crippen molar-refractivity contribution in [2.45, 2.75) is 52.2 Å². The van der Waals surface area contributed by atoms with Crippen molar-refractivity contribution < 1.29 is 18.7 Å². The number of hydrogen-bond acceptors (Lipinski definition) is 3. The number of hydrogen-bond donors (Lipinski definition) is 1. The highest BCUT2D eigenvalue weighted by atomic mass is 79.9. The van der Waals surface area contributed by atoms with Gasteiger partial charge in [0.15, 0.2) is 6.61 Å². The molecule has 3 aromatic carbocycles. The van der Waals surface area contributed by atoms with Gasteiger partial charge in [0, 0.05) is 23.5 Å². The minimum atomic E-state index is -0.769. The molecule has 0 heterocycles. The number of rotatable bonds is 11. The van der Waals surface area contributed by atoms with Crippen LogP contribution in [-0.2, 0) is 22.6 Å². The van der Waals surface area contributed by atoms with Crippen molar-refractivity contribution in [3.05, 3.63) is 99.8 Å². The van der Waals surface area contributed by atoms with Crippen molar-refractivity contribution in [2.75, 3.05) is 6.61 Å². The van der Waals surface area contributed by atoms with E-state index in [0.29, 0.717) is 12.2 Å². The summed E-state index contributed by atoms with van der Waals surface area (Å²) in [6.45, 7) is 5.78. The number of nitrogens with one attached hydrogen (secondary N) is 1. The smallest absolute Gasteiger partial charge is 0.261 e. The van der Waals surface area contributed by atoms with Crippen molar-refractivity contribution in [1.29, 1.82) is 0 Å². The highest BCUT2D eigenvalue weighted by molar-refractivity contribution is 9.10. The van der Waals surface area contributed by atoms with Crippen molar-refractivity contribution in [2.24, 2.45) is 0 Å². The molecule has 3 rings (SSSR count). The molecule has 190 valence electrons. The van der Waals surface area contributed by atoms with Crippen LogP contribution in [0.15, 0.2) is 77.3 Å². The van der Waals surface area contributed by atoms with E-state index < -0.39 is 6.04 Å². The van der Waals surface area contributed by atoms with Gasteiger partial charge in [-0.05, 0) is 67.3 Å². The molecule has 0 bridgehead atoms. The number of aryl methyl sites for hydroxylation is 1. The lowest BCUT2D eigenvalue weighted by atomic mass is 10.0. The van der Waals surface area contributed by atoms with Crippen LogP contribution >= 0.6 is 15.9 Å². The summed E-state index contributed by atoms with van der Waals surface area (Å²) in [5, 5.41) is 3.03. The average Bonchev–Trinajstić information content (AvgIpc) is 2.88. The van der Waals surface area contributed by atoms with Gasteiger partial charge in [0.2, 0.25) is 5.91 Å². The Morgan fingerprint density at radius 2 is 1.72 bits per heavy atom. The molecule has 3 aromatic rings. The van der Waals surface area contributed by atoms with Gasteiger partial charge < -0.3 is 15.0 Å². The first-order valence-corrected chi connectivity index (χ1v) is 12.8. The molecule has 0 spiro atoms. The third-order valence-electron chi connectivity index (χ3n) is 6.03. The molecule has 2 amide bonds. The van der Waals surface area contributed by atoms with Crippen LogP contribution in [0.2, 0.25) is 0 Å². The fourth-order valence-electron chi connectivity index (χ4n) is 3.72. The summed E-state index contributed by atoms with van der Waals surface area (Å²) in [6.07, 6.45) is 1.11. The quantitative estimate of drug-likeness (QED) is 0.324. The number of nitrogens with zero attached hydrogens (tertiary/aromatic N) is 1. The van der Waals surface area contributed by atoms with E-state index in [2.05, 4.69) is 21.2 Å². The van der Waals surface area contributed by atoms with Crippen molar-refractivity contribution >= 4 is 27.7 Å². The zero-order chi connectivity index (χ0) is 26.1. The molecule has 0 aliphatic rings. The standard InChI is InChI=1S/C29H32BrFN2O3/c1-4-21(3)32-29(35)27(17-22-8-6-5-7-9-22)33(18-23-10-12-24(31)13-11-23)28(34)19-36-25-14-15-26(30)20(2)16-25/h5-16,21,27H,4,17-19H2,1-3H3,(H,32,35)/t21-,27-/m1/s1. The minimum absolute atomic E-state index is 0.0412. The maximum absolute atomic E-state index is 13.6. The Balaban J connectivity index is 1.90. The number of carbonyl (C=O) groups excluding carboxylic acids is 2. The van der Waals surface area contributed by atoms with Crippen LogP contribution in [0.25, 0.3) is 0 Å². The van der Waals surface area contributed by atoms with E-state index in [1.165, 1.54) is 17.0 Å². The highest BCUT2D eigenvalue weighted by Gasteiger charge is 2.31. The van der Waals surface area contributed by atoms with Gasteiger partial charge in [-0.25, -0.2) is 4.39 Å². The van der Waals surface area contributed by atoms with Gasteiger partial charge in [-0.3, -0.25) is 9.59 Å². The first-order chi connectivity index (χ1) is 17.3. The third kappa shape index (κ3) is 7.92. The first kappa shape index (κ1) is 27.4. The molecule has 7 heteroatoms. The van der Waals surface area contributed by atoms with E-state index in [1.807, 2.05) is 63.2 Å². The Bertz CT molecular complexity index is 1150. The Hall–Kier alpha value is -3.19. The first-order valence-electron chi connectivity index (χ1n) is 12.0. The van der Waals surface area contributed by atoms with Gasteiger partial charge in [-0.15, -0.1) is 0 Å². The number of halogens is 2. The number of amides is 2. The summed E-state index contributed by atoms with van der Waals surface area (Å²) in [4.78, 5) is 28.6. The highest BCUT2D eigenvalue weighted by Crippen LogP contribution is 2.22. The van der Waals surface area contributed by atoms with Crippen LogP contribution in [0.5, 0.6) is 5.75 Å². The lowest BCUT2D eigenvalue weighted by molar-refractivity contribution is -0.143. The summed E-state index contributed by atoms with van der Waals surface area (Å²) in [5.41, 5.74) is 2.64. The van der Waals surface area contributed by atoms with Gasteiger partial charge in [0.25, 0.3) is 5.91 Å². The Kier molecular flexibility index (Phi) is 10.1. The van der Waals surface area contributed by atoms with Crippen LogP contribution < -0.4 is 10.1 Å². The normalized spacial score (nSPS) is 12.5. The van der Waals surface area contributed by atoms with Crippen LogP contribution in [-0.4, -0.2) is 35.4 Å². The molecule has 5 nitrogen and oxygen atoms in total. The van der Waals surface area contributed by atoms with Crippen molar-refractivity contribution in [3.63, 3.8) is 0 Å². The maximum Gasteiger partial charge on any atom is 0.261 e. The topological polar surface area (TPSA) is 58.6 Å². The summed E-state index contributed by atoms with van der Waals surface area (Å²) in [7, 11) is 0. The molecular formula is C29H32BrFN2O3. The van der Waals surface area contributed by atoms with E-state index in [9.17, 15) is 14.0 Å². The predicted molar refractivity (Wildman–Crippen MR) is 143 cm³/mol. The van der Waals surface area contributed by atoms with Crippen molar-refractivity contribution in [1.82, 2.24) is 10.2 Å². The molecule has 0 fully saturated rings. The van der Waals surface area contributed by atoms with Gasteiger partial charge in [-0.1, -0.05) is 65.3 Å². The predicted octanol–water partition coefficient (Wildman–Crippen LogP) is 5.83. The molecule has 0 aliphatic heterocycles. The largest absolute Gasteiger partial charge is 0.484 e. The molecule has 0 saturated carbocycles. The van der Waals surface area contributed by atoms with Crippen LogP contribution in [0, 0.1) is 12.7 Å². The minimum Gasteiger partial charge on any atom is -0.484 e. The molecule has 0 radical (unpaired) electrons. The second-order valence-electron chi connectivity index (χ2n) is 8.87. The Morgan fingerprint density at radius 3 is 2.36 bits per heavy atom. The summed E-state index contributed by atoms with van der Waals surface area (Å²) < 4.78 is 20.3. The Morgan fingerprint density at radius 1 is 1.03 bits per heavy atom. The molecule has 0 saturated heterocycles. The van der Waals surface area contributed by atoms with E-state index in [1.54, 1.807) is 18.2 Å². The zero-order valence-electron chi connectivity index (χ0n) is 20.8. The molecular weight excluding hydrogens is 523 g/mol. The van der Waals surface area contributed by atoms with Crippen LogP contribution in [0.4, 0.5) is 4.39 Å². The maximum atomic E-state index is 13.6. The molecule has 0 aliphatic carbocycles. The summed E-state index contributed by atoms with van der Waals surface area (Å²) in [5.74, 6) is -0.362. The summed E-state index contributed by atoms with van der Waals surface area (Å²) >= 11 is 3.46. The molecule has 2 atom stereocenters.